The Bertz CT molecular complexity index is 785. The van der Waals surface area contributed by atoms with E-state index in [2.05, 4.69) is 20.7 Å². The van der Waals surface area contributed by atoms with Crippen molar-refractivity contribution in [3.05, 3.63) is 60.4 Å². The number of nitrogens with two attached hydrogens (primary N) is 1. The molecule has 2 aromatic heterocycles. The van der Waals surface area contributed by atoms with Crippen LogP contribution in [0.2, 0.25) is 0 Å². The number of para-hydroxylation sites is 1. The predicted molar refractivity (Wildman–Crippen MR) is 81.7 cm³/mol. The molecule has 6 nitrogen and oxygen atoms in total. The van der Waals surface area contributed by atoms with Crippen molar-refractivity contribution in [2.75, 3.05) is 10.7 Å². The topological polar surface area (TPSA) is 92.9 Å². The largest absolute Gasteiger partial charge is 0.321 e. The fourth-order valence-electron chi connectivity index (χ4n) is 1.96. The van der Waals surface area contributed by atoms with Crippen molar-refractivity contribution in [2.45, 2.75) is 0 Å². The van der Waals surface area contributed by atoms with Crippen LogP contribution in [0.15, 0.2) is 54.9 Å². The molecule has 3 rings (SSSR count). The van der Waals surface area contributed by atoms with Crippen molar-refractivity contribution < 1.29 is 4.79 Å². The van der Waals surface area contributed by atoms with Crippen LogP contribution in [0, 0.1) is 0 Å². The second kappa shape index (κ2) is 5.56. The first-order valence-corrected chi connectivity index (χ1v) is 6.35. The van der Waals surface area contributed by atoms with Gasteiger partial charge in [-0.25, -0.2) is 10.8 Å². The number of benzene rings is 1. The molecule has 0 saturated heterocycles. The third kappa shape index (κ3) is 2.80. The second-order valence-corrected chi connectivity index (χ2v) is 4.45. The molecule has 6 heteroatoms. The molecule has 4 N–H and O–H groups in total. The minimum absolute atomic E-state index is 0.247. The third-order valence-electron chi connectivity index (χ3n) is 3.02. The summed E-state index contributed by atoms with van der Waals surface area (Å²) in [4.78, 5) is 20.4. The van der Waals surface area contributed by atoms with Crippen molar-refractivity contribution in [3.8, 4) is 0 Å². The number of hydrazine groups is 1. The lowest BCUT2D eigenvalue weighted by atomic mass is 10.2. The van der Waals surface area contributed by atoms with Gasteiger partial charge < -0.3 is 10.7 Å². The van der Waals surface area contributed by atoms with Crippen LogP contribution < -0.4 is 16.6 Å². The quantitative estimate of drug-likeness (QED) is 0.504. The highest BCUT2D eigenvalue weighted by Gasteiger charge is 2.07. The van der Waals surface area contributed by atoms with Gasteiger partial charge in [0.05, 0.1) is 23.0 Å². The molecule has 0 atom stereocenters. The molecule has 1 amide bonds. The van der Waals surface area contributed by atoms with Gasteiger partial charge in [0.1, 0.15) is 5.82 Å². The number of amides is 1. The van der Waals surface area contributed by atoms with Gasteiger partial charge in [-0.05, 0) is 24.3 Å². The number of anilines is 2. The molecule has 21 heavy (non-hydrogen) atoms. The van der Waals surface area contributed by atoms with E-state index < -0.39 is 0 Å². The van der Waals surface area contributed by atoms with Crippen LogP contribution in [0.3, 0.4) is 0 Å². The first kappa shape index (κ1) is 13.0. The number of rotatable bonds is 3. The summed E-state index contributed by atoms with van der Waals surface area (Å²) in [6.45, 7) is 0. The van der Waals surface area contributed by atoms with Crippen LogP contribution >= 0.6 is 0 Å². The van der Waals surface area contributed by atoms with E-state index in [0.29, 0.717) is 17.1 Å². The number of hydrogen-bond acceptors (Lipinski definition) is 5. The average molecular weight is 279 g/mol. The highest BCUT2D eigenvalue weighted by molar-refractivity contribution is 6.04. The summed E-state index contributed by atoms with van der Waals surface area (Å²) >= 11 is 0. The van der Waals surface area contributed by atoms with E-state index in [1.165, 1.54) is 6.20 Å². The van der Waals surface area contributed by atoms with Gasteiger partial charge in [-0.3, -0.25) is 9.78 Å². The Hall–Kier alpha value is -2.99. The molecule has 0 fully saturated rings. The Morgan fingerprint density at radius 1 is 1.05 bits per heavy atom. The number of aromatic nitrogens is 2. The summed E-state index contributed by atoms with van der Waals surface area (Å²) in [6.07, 6.45) is 3.09. The number of carbonyl (C=O) groups excluding carboxylic acids is 1. The van der Waals surface area contributed by atoms with Crippen LogP contribution in [-0.4, -0.2) is 15.9 Å². The zero-order valence-corrected chi connectivity index (χ0v) is 11.1. The number of hydrogen-bond donors (Lipinski definition) is 3. The van der Waals surface area contributed by atoms with E-state index in [1.807, 2.05) is 30.3 Å². The molecule has 3 aromatic rings. The van der Waals surface area contributed by atoms with Crippen LogP contribution in [0.5, 0.6) is 0 Å². The van der Waals surface area contributed by atoms with Gasteiger partial charge in [0, 0.05) is 11.6 Å². The lowest BCUT2D eigenvalue weighted by Gasteiger charge is -2.06. The average Bonchev–Trinajstić information content (AvgIpc) is 2.55. The lowest BCUT2D eigenvalue weighted by Crippen LogP contribution is -2.13. The number of pyridine rings is 2. The summed E-state index contributed by atoms with van der Waals surface area (Å²) < 4.78 is 0. The van der Waals surface area contributed by atoms with E-state index in [1.54, 1.807) is 18.3 Å². The lowest BCUT2D eigenvalue weighted by molar-refractivity contribution is 0.102. The van der Waals surface area contributed by atoms with Gasteiger partial charge >= 0.3 is 0 Å². The highest BCUT2D eigenvalue weighted by atomic mass is 16.1. The molecule has 0 spiro atoms. The second-order valence-electron chi connectivity index (χ2n) is 4.45. The molecule has 0 unspecified atom stereocenters. The molecule has 0 aliphatic heterocycles. The highest BCUT2D eigenvalue weighted by Crippen LogP contribution is 2.16. The fourth-order valence-corrected chi connectivity index (χ4v) is 1.96. The Morgan fingerprint density at radius 3 is 2.67 bits per heavy atom. The number of fused-ring (bicyclic) bond motifs is 1. The van der Waals surface area contributed by atoms with Crippen LogP contribution in [-0.2, 0) is 0 Å². The minimum atomic E-state index is -0.247. The standard InChI is InChI=1S/C15H13N5O/c16-20-14-6-5-11(8-18-14)15(21)19-12-7-10-3-1-2-4-13(10)17-9-12/h1-9H,16H2,(H,18,20)(H,19,21). The predicted octanol–water partition coefficient (Wildman–Crippen LogP) is 2.17. The van der Waals surface area contributed by atoms with Gasteiger partial charge in [0.2, 0.25) is 0 Å². The summed E-state index contributed by atoms with van der Waals surface area (Å²) in [5, 5.41) is 3.76. The smallest absolute Gasteiger partial charge is 0.257 e. The molecule has 0 saturated carbocycles. The van der Waals surface area contributed by atoms with Crippen LogP contribution in [0.1, 0.15) is 10.4 Å². The van der Waals surface area contributed by atoms with Crippen LogP contribution in [0.25, 0.3) is 10.9 Å². The molecule has 104 valence electrons. The molecule has 1 aromatic carbocycles. The maximum Gasteiger partial charge on any atom is 0.257 e. The maximum absolute atomic E-state index is 12.1. The summed E-state index contributed by atoms with van der Waals surface area (Å²) in [7, 11) is 0. The van der Waals surface area contributed by atoms with E-state index >= 15 is 0 Å². The first-order valence-electron chi connectivity index (χ1n) is 6.35. The Morgan fingerprint density at radius 2 is 1.90 bits per heavy atom. The number of nitrogens with one attached hydrogen (secondary N) is 2. The van der Waals surface area contributed by atoms with Crippen molar-refractivity contribution in [1.29, 1.82) is 0 Å². The Balaban J connectivity index is 1.81. The van der Waals surface area contributed by atoms with Gasteiger partial charge in [0.25, 0.3) is 5.91 Å². The molecule has 0 radical (unpaired) electrons. The molecular weight excluding hydrogens is 266 g/mol. The third-order valence-corrected chi connectivity index (χ3v) is 3.02. The zero-order valence-electron chi connectivity index (χ0n) is 11.1. The summed E-state index contributed by atoms with van der Waals surface area (Å²) in [5.41, 5.74) is 4.38. The zero-order chi connectivity index (χ0) is 14.7. The van der Waals surface area contributed by atoms with E-state index in [9.17, 15) is 4.79 Å². The van der Waals surface area contributed by atoms with E-state index in [0.717, 1.165) is 10.9 Å². The molecule has 0 aliphatic carbocycles. The summed E-state index contributed by atoms with van der Waals surface area (Å²) in [5.74, 6) is 5.48. The molecular formula is C15H13N5O. The minimum Gasteiger partial charge on any atom is -0.321 e. The van der Waals surface area contributed by atoms with Crippen molar-refractivity contribution in [1.82, 2.24) is 9.97 Å². The fraction of sp³-hybridized carbons (Fsp3) is 0. The normalized spacial score (nSPS) is 10.3. The van der Waals surface area contributed by atoms with Crippen molar-refractivity contribution in [3.63, 3.8) is 0 Å². The SMILES string of the molecule is NNc1ccc(C(=O)Nc2cnc3ccccc3c2)cn1. The first-order chi connectivity index (χ1) is 10.3. The Kier molecular flexibility index (Phi) is 3.44. The summed E-state index contributed by atoms with van der Waals surface area (Å²) in [6, 6.07) is 12.9. The molecule has 2 heterocycles. The maximum atomic E-state index is 12.1. The van der Waals surface area contributed by atoms with Gasteiger partial charge in [-0.1, -0.05) is 18.2 Å². The van der Waals surface area contributed by atoms with Crippen LogP contribution in [0.4, 0.5) is 11.5 Å². The molecule has 0 aliphatic rings. The van der Waals surface area contributed by atoms with E-state index in [4.69, 9.17) is 5.84 Å². The molecule has 0 bridgehead atoms. The van der Waals surface area contributed by atoms with Gasteiger partial charge in [-0.15, -0.1) is 0 Å². The van der Waals surface area contributed by atoms with Gasteiger partial charge in [0.15, 0.2) is 0 Å². The van der Waals surface area contributed by atoms with E-state index in [-0.39, 0.29) is 5.91 Å². The number of carbonyl (C=O) groups is 1. The Labute approximate surface area is 121 Å². The van der Waals surface area contributed by atoms with Crippen molar-refractivity contribution >= 4 is 28.3 Å². The number of nitrogens with zero attached hydrogens (tertiary/aromatic N) is 2. The van der Waals surface area contributed by atoms with Gasteiger partial charge in [-0.2, -0.15) is 0 Å². The number of nitrogen functional groups attached to an aromatic ring is 1. The van der Waals surface area contributed by atoms with Crippen molar-refractivity contribution in [2.24, 2.45) is 5.84 Å². The monoisotopic (exact) mass is 279 g/mol.